The minimum Gasteiger partial charge on any atom is -0.346 e. The zero-order chi connectivity index (χ0) is 12.6. The van der Waals surface area contributed by atoms with Gasteiger partial charge in [0.05, 0.1) is 0 Å². The lowest BCUT2D eigenvalue weighted by atomic mass is 10.4. The standard InChI is InChI=1S/C10H12F3N3O/c11-10(12,13)5-16-3-1-2-8(16)9(17)15-7-4-6(7)14/h1-3,6-7H,4-5,14H2,(H,15,17). The number of nitrogens with one attached hydrogen (secondary N) is 1. The van der Waals surface area contributed by atoms with E-state index in [1.807, 2.05) is 0 Å². The van der Waals surface area contributed by atoms with Crippen molar-refractivity contribution in [2.24, 2.45) is 5.73 Å². The summed E-state index contributed by atoms with van der Waals surface area (Å²) in [7, 11) is 0. The van der Waals surface area contributed by atoms with Crippen LogP contribution in [0, 0.1) is 0 Å². The van der Waals surface area contributed by atoms with E-state index in [1.54, 1.807) is 0 Å². The number of alkyl halides is 3. The summed E-state index contributed by atoms with van der Waals surface area (Å²) in [5.74, 6) is -0.516. The first-order valence-electron chi connectivity index (χ1n) is 5.15. The van der Waals surface area contributed by atoms with Crippen molar-refractivity contribution in [2.45, 2.75) is 31.2 Å². The van der Waals surface area contributed by atoms with Crippen molar-refractivity contribution in [2.75, 3.05) is 0 Å². The van der Waals surface area contributed by atoms with Crippen molar-refractivity contribution < 1.29 is 18.0 Å². The maximum atomic E-state index is 12.2. The summed E-state index contributed by atoms with van der Waals surface area (Å²) >= 11 is 0. The number of amides is 1. The number of aromatic nitrogens is 1. The van der Waals surface area contributed by atoms with E-state index in [0.717, 1.165) is 4.57 Å². The van der Waals surface area contributed by atoms with Gasteiger partial charge in [-0.05, 0) is 18.6 Å². The van der Waals surface area contributed by atoms with Crippen LogP contribution in [-0.2, 0) is 6.54 Å². The Morgan fingerprint density at radius 2 is 2.24 bits per heavy atom. The molecular weight excluding hydrogens is 235 g/mol. The third-order valence-electron chi connectivity index (χ3n) is 2.57. The number of nitrogens with zero attached hydrogens (tertiary/aromatic N) is 1. The highest BCUT2D eigenvalue weighted by molar-refractivity contribution is 5.93. The second kappa shape index (κ2) is 4.06. The van der Waals surface area contributed by atoms with Crippen molar-refractivity contribution in [1.29, 1.82) is 0 Å². The van der Waals surface area contributed by atoms with Gasteiger partial charge in [-0.1, -0.05) is 0 Å². The Morgan fingerprint density at radius 1 is 1.59 bits per heavy atom. The van der Waals surface area contributed by atoms with Gasteiger partial charge in [0.2, 0.25) is 0 Å². The molecule has 4 nitrogen and oxygen atoms in total. The highest BCUT2D eigenvalue weighted by atomic mass is 19.4. The lowest BCUT2D eigenvalue weighted by Crippen LogP contribution is -2.32. The first-order valence-corrected chi connectivity index (χ1v) is 5.15. The van der Waals surface area contributed by atoms with E-state index in [2.05, 4.69) is 5.32 Å². The fraction of sp³-hybridized carbons (Fsp3) is 0.500. The monoisotopic (exact) mass is 247 g/mol. The molecule has 1 fully saturated rings. The molecule has 1 aromatic rings. The molecule has 0 radical (unpaired) electrons. The van der Waals surface area contributed by atoms with Crippen LogP contribution in [0.5, 0.6) is 0 Å². The Hall–Kier alpha value is -1.50. The van der Waals surface area contributed by atoms with Crippen LogP contribution in [0.25, 0.3) is 0 Å². The van der Waals surface area contributed by atoms with Crippen LogP contribution in [0.1, 0.15) is 16.9 Å². The van der Waals surface area contributed by atoms with Gasteiger partial charge in [-0.2, -0.15) is 13.2 Å². The van der Waals surface area contributed by atoms with Gasteiger partial charge in [0.15, 0.2) is 0 Å². The number of rotatable bonds is 3. The number of halogens is 3. The normalized spacial score (nSPS) is 23.5. The first-order chi connectivity index (χ1) is 7.87. The highest BCUT2D eigenvalue weighted by Crippen LogP contribution is 2.21. The van der Waals surface area contributed by atoms with Crippen LogP contribution >= 0.6 is 0 Å². The fourth-order valence-corrected chi connectivity index (χ4v) is 1.57. The van der Waals surface area contributed by atoms with E-state index in [4.69, 9.17) is 5.73 Å². The Balaban J connectivity index is 2.05. The topological polar surface area (TPSA) is 60.0 Å². The van der Waals surface area contributed by atoms with Crippen LogP contribution in [-0.4, -0.2) is 28.7 Å². The van der Waals surface area contributed by atoms with E-state index in [9.17, 15) is 18.0 Å². The SMILES string of the molecule is NC1CC1NC(=O)c1cccn1CC(F)(F)F. The maximum absolute atomic E-state index is 12.2. The predicted molar refractivity (Wildman–Crippen MR) is 54.3 cm³/mol. The molecule has 0 spiro atoms. The summed E-state index contributed by atoms with van der Waals surface area (Å²) in [5.41, 5.74) is 5.51. The minimum atomic E-state index is -4.34. The molecule has 94 valence electrons. The van der Waals surface area contributed by atoms with Crippen LogP contribution < -0.4 is 11.1 Å². The molecule has 0 aliphatic heterocycles. The quantitative estimate of drug-likeness (QED) is 0.833. The average molecular weight is 247 g/mol. The van der Waals surface area contributed by atoms with Crippen LogP contribution in [0.2, 0.25) is 0 Å². The van der Waals surface area contributed by atoms with Gasteiger partial charge in [-0.25, -0.2) is 0 Å². The molecule has 1 saturated carbocycles. The summed E-state index contributed by atoms with van der Waals surface area (Å²) < 4.78 is 37.6. The molecular formula is C10H12F3N3O. The van der Waals surface area contributed by atoms with Crippen LogP contribution in [0.3, 0.4) is 0 Å². The molecule has 17 heavy (non-hydrogen) atoms. The molecule has 1 amide bonds. The summed E-state index contributed by atoms with van der Waals surface area (Å²) in [6, 6.07) is 2.57. The Morgan fingerprint density at radius 3 is 2.76 bits per heavy atom. The van der Waals surface area contributed by atoms with Gasteiger partial charge >= 0.3 is 6.18 Å². The first kappa shape index (κ1) is 12.0. The van der Waals surface area contributed by atoms with Gasteiger partial charge < -0.3 is 15.6 Å². The van der Waals surface area contributed by atoms with Gasteiger partial charge in [0, 0.05) is 18.3 Å². The zero-order valence-electron chi connectivity index (χ0n) is 8.87. The Bertz CT molecular complexity index is 427. The molecule has 3 N–H and O–H groups in total. The zero-order valence-corrected chi connectivity index (χ0v) is 8.87. The van der Waals surface area contributed by atoms with E-state index in [-0.39, 0.29) is 17.8 Å². The molecule has 0 saturated heterocycles. The predicted octanol–water partition coefficient (Wildman–Crippen LogP) is 0.880. The van der Waals surface area contributed by atoms with E-state index >= 15 is 0 Å². The molecule has 7 heteroatoms. The van der Waals surface area contributed by atoms with Crippen molar-refractivity contribution >= 4 is 5.91 Å². The number of nitrogens with two attached hydrogens (primary N) is 1. The average Bonchev–Trinajstić information content (AvgIpc) is 2.71. The maximum Gasteiger partial charge on any atom is 0.406 e. The largest absolute Gasteiger partial charge is 0.406 e. The fourth-order valence-electron chi connectivity index (χ4n) is 1.57. The van der Waals surface area contributed by atoms with Gasteiger partial charge in [-0.15, -0.1) is 0 Å². The summed E-state index contributed by atoms with van der Waals surface area (Å²) in [6.45, 7) is -1.17. The number of carbonyl (C=O) groups is 1. The van der Waals surface area contributed by atoms with Gasteiger partial charge in [-0.3, -0.25) is 4.79 Å². The smallest absolute Gasteiger partial charge is 0.346 e. The molecule has 2 unspecified atom stereocenters. The molecule has 2 atom stereocenters. The second-order valence-corrected chi connectivity index (χ2v) is 4.12. The van der Waals surface area contributed by atoms with Gasteiger partial charge in [0.1, 0.15) is 12.2 Å². The van der Waals surface area contributed by atoms with E-state index in [0.29, 0.717) is 6.42 Å². The Kier molecular flexibility index (Phi) is 2.86. The number of hydrogen-bond acceptors (Lipinski definition) is 2. The third-order valence-corrected chi connectivity index (χ3v) is 2.57. The molecule has 1 aromatic heterocycles. The second-order valence-electron chi connectivity index (χ2n) is 4.12. The minimum absolute atomic E-state index is 0.00132. The molecule has 0 bridgehead atoms. The highest BCUT2D eigenvalue weighted by Gasteiger charge is 2.36. The molecule has 2 rings (SSSR count). The van der Waals surface area contributed by atoms with Crippen molar-refractivity contribution in [3.8, 4) is 0 Å². The molecule has 0 aromatic carbocycles. The van der Waals surface area contributed by atoms with Gasteiger partial charge in [0.25, 0.3) is 5.91 Å². The summed E-state index contributed by atoms with van der Waals surface area (Å²) in [4.78, 5) is 11.7. The van der Waals surface area contributed by atoms with Crippen LogP contribution in [0.4, 0.5) is 13.2 Å². The molecule has 1 aliphatic carbocycles. The summed E-state index contributed by atoms with van der Waals surface area (Å²) in [5, 5.41) is 2.58. The van der Waals surface area contributed by atoms with Crippen molar-refractivity contribution in [3.63, 3.8) is 0 Å². The third kappa shape index (κ3) is 3.00. The van der Waals surface area contributed by atoms with Crippen molar-refractivity contribution in [3.05, 3.63) is 24.0 Å². The Labute approximate surface area is 95.6 Å². The molecule has 1 heterocycles. The van der Waals surface area contributed by atoms with Crippen LogP contribution in [0.15, 0.2) is 18.3 Å². The van der Waals surface area contributed by atoms with E-state index < -0.39 is 18.6 Å². The summed E-state index contributed by atoms with van der Waals surface area (Å²) in [6.07, 6.45) is -2.44. The van der Waals surface area contributed by atoms with E-state index in [1.165, 1.54) is 18.3 Å². The number of hydrogen-bond donors (Lipinski definition) is 2. The lowest BCUT2D eigenvalue weighted by molar-refractivity contribution is -0.140. The number of carbonyl (C=O) groups excluding carboxylic acids is 1. The van der Waals surface area contributed by atoms with Crippen molar-refractivity contribution in [1.82, 2.24) is 9.88 Å². The molecule has 1 aliphatic rings. The lowest BCUT2D eigenvalue weighted by Gasteiger charge is -2.11.